The fraction of sp³-hybridized carbons (Fsp3) is 0.579. The van der Waals surface area contributed by atoms with Crippen LogP contribution in [0, 0.1) is 0 Å². The molecular weight excluding hydrogens is 288 g/mol. The number of carbonyl (C=O) groups is 2. The van der Waals surface area contributed by atoms with Crippen LogP contribution in [0.25, 0.3) is 0 Å². The van der Waals surface area contributed by atoms with E-state index in [0.717, 1.165) is 18.4 Å². The molecule has 2 amide bonds. The van der Waals surface area contributed by atoms with Crippen LogP contribution in [0.5, 0.6) is 0 Å². The fourth-order valence-electron chi connectivity index (χ4n) is 3.27. The van der Waals surface area contributed by atoms with Gasteiger partial charge in [0.2, 0.25) is 11.8 Å². The van der Waals surface area contributed by atoms with E-state index in [1.807, 2.05) is 35.2 Å². The third kappa shape index (κ3) is 6.05. The Morgan fingerprint density at radius 2 is 1.74 bits per heavy atom. The van der Waals surface area contributed by atoms with Crippen molar-refractivity contribution in [3.63, 3.8) is 0 Å². The lowest BCUT2D eigenvalue weighted by Gasteiger charge is -2.30. The maximum Gasteiger partial charge on any atom is 0.222 e. The second-order valence-corrected chi connectivity index (χ2v) is 6.37. The smallest absolute Gasteiger partial charge is 0.222 e. The van der Waals surface area contributed by atoms with E-state index in [1.165, 1.54) is 25.7 Å². The van der Waals surface area contributed by atoms with E-state index in [-0.39, 0.29) is 11.8 Å². The molecule has 126 valence electrons. The van der Waals surface area contributed by atoms with Gasteiger partial charge in [-0.25, -0.2) is 0 Å². The van der Waals surface area contributed by atoms with Crippen LogP contribution < -0.4 is 5.32 Å². The molecule has 4 heteroatoms. The van der Waals surface area contributed by atoms with Crippen LogP contribution in [0.4, 0.5) is 0 Å². The largest absolute Gasteiger partial charge is 0.352 e. The van der Waals surface area contributed by atoms with Gasteiger partial charge in [0, 0.05) is 32.5 Å². The third-order valence-corrected chi connectivity index (χ3v) is 4.58. The van der Waals surface area contributed by atoms with E-state index in [9.17, 15) is 9.59 Å². The summed E-state index contributed by atoms with van der Waals surface area (Å²) in [6.07, 6.45) is 7.43. The Kier molecular flexibility index (Phi) is 7.11. The number of nitrogens with zero attached hydrogens (tertiary/aromatic N) is 1. The first-order valence-electron chi connectivity index (χ1n) is 8.74. The third-order valence-electron chi connectivity index (χ3n) is 4.58. The Morgan fingerprint density at radius 1 is 1.09 bits per heavy atom. The lowest BCUT2D eigenvalue weighted by atomic mass is 10.1. The van der Waals surface area contributed by atoms with Crippen molar-refractivity contribution in [1.29, 1.82) is 0 Å². The number of hydrogen-bond acceptors (Lipinski definition) is 2. The highest BCUT2D eigenvalue weighted by Gasteiger charge is 2.22. The zero-order valence-electron chi connectivity index (χ0n) is 14.1. The summed E-state index contributed by atoms with van der Waals surface area (Å²) in [5.74, 6) is 0.0986. The van der Waals surface area contributed by atoms with Crippen LogP contribution in [0.1, 0.15) is 57.4 Å². The average Bonchev–Trinajstić information content (AvgIpc) is 2.83. The molecule has 1 fully saturated rings. The molecule has 0 saturated heterocycles. The maximum atomic E-state index is 12.0. The molecule has 1 N–H and O–H groups in total. The van der Waals surface area contributed by atoms with E-state index in [0.29, 0.717) is 25.6 Å². The first-order valence-corrected chi connectivity index (χ1v) is 8.74. The number of amides is 2. The minimum Gasteiger partial charge on any atom is -0.352 e. The van der Waals surface area contributed by atoms with Gasteiger partial charge in [0.1, 0.15) is 0 Å². The van der Waals surface area contributed by atoms with Crippen molar-refractivity contribution in [1.82, 2.24) is 10.2 Å². The van der Waals surface area contributed by atoms with Crippen molar-refractivity contribution in [2.24, 2.45) is 0 Å². The molecule has 0 spiro atoms. The number of hydrogen-bond donors (Lipinski definition) is 1. The quantitative estimate of drug-likeness (QED) is 0.819. The molecule has 1 aromatic rings. The molecular formula is C19H28N2O2. The molecule has 1 aliphatic rings. The zero-order valence-corrected chi connectivity index (χ0v) is 14.1. The molecule has 0 bridgehead atoms. The topological polar surface area (TPSA) is 49.4 Å². The number of benzene rings is 1. The molecule has 0 heterocycles. The molecule has 23 heavy (non-hydrogen) atoms. The summed E-state index contributed by atoms with van der Waals surface area (Å²) in [5, 5.41) is 2.93. The monoisotopic (exact) mass is 316 g/mol. The van der Waals surface area contributed by atoms with Crippen LogP contribution in [-0.4, -0.2) is 29.3 Å². The molecule has 4 nitrogen and oxygen atoms in total. The fourth-order valence-corrected chi connectivity index (χ4v) is 3.27. The highest BCUT2D eigenvalue weighted by molar-refractivity contribution is 5.78. The van der Waals surface area contributed by atoms with Crippen molar-refractivity contribution < 1.29 is 9.59 Å². The Morgan fingerprint density at radius 3 is 2.35 bits per heavy atom. The van der Waals surface area contributed by atoms with Gasteiger partial charge in [0.05, 0.1) is 0 Å². The van der Waals surface area contributed by atoms with Gasteiger partial charge in [0.25, 0.3) is 0 Å². The van der Waals surface area contributed by atoms with Gasteiger partial charge in [-0.15, -0.1) is 0 Å². The molecule has 0 radical (unpaired) electrons. The minimum atomic E-state index is 0.00808. The van der Waals surface area contributed by atoms with Gasteiger partial charge in [-0.1, -0.05) is 56.0 Å². The summed E-state index contributed by atoms with van der Waals surface area (Å²) in [5.41, 5.74) is 1.09. The number of carbonyl (C=O) groups excluding carboxylic acids is 2. The number of rotatable bonds is 6. The van der Waals surface area contributed by atoms with Gasteiger partial charge in [-0.2, -0.15) is 0 Å². The predicted molar refractivity (Wildman–Crippen MR) is 91.8 cm³/mol. The van der Waals surface area contributed by atoms with Crippen LogP contribution in [0.15, 0.2) is 30.3 Å². The summed E-state index contributed by atoms with van der Waals surface area (Å²) in [6.45, 7) is 2.69. The predicted octanol–water partition coefficient (Wildman–Crippen LogP) is 3.26. The van der Waals surface area contributed by atoms with Gasteiger partial charge in [0.15, 0.2) is 0 Å². The van der Waals surface area contributed by atoms with Crippen molar-refractivity contribution in [3.05, 3.63) is 35.9 Å². The van der Waals surface area contributed by atoms with Crippen molar-refractivity contribution in [2.45, 2.75) is 64.5 Å². The first-order chi connectivity index (χ1) is 11.2. The summed E-state index contributed by atoms with van der Waals surface area (Å²) in [7, 11) is 0. The molecule has 0 aromatic heterocycles. The van der Waals surface area contributed by atoms with Gasteiger partial charge in [-0.3, -0.25) is 9.59 Å². The Balaban J connectivity index is 1.78. The van der Waals surface area contributed by atoms with Crippen molar-refractivity contribution in [2.75, 3.05) is 6.54 Å². The van der Waals surface area contributed by atoms with Crippen LogP contribution in [0.2, 0.25) is 0 Å². The van der Waals surface area contributed by atoms with E-state index in [1.54, 1.807) is 6.92 Å². The minimum absolute atomic E-state index is 0.00808. The van der Waals surface area contributed by atoms with Crippen LogP contribution >= 0.6 is 0 Å². The van der Waals surface area contributed by atoms with Crippen molar-refractivity contribution in [3.8, 4) is 0 Å². The second-order valence-electron chi connectivity index (χ2n) is 6.37. The summed E-state index contributed by atoms with van der Waals surface area (Å²) >= 11 is 0. The van der Waals surface area contributed by atoms with E-state index in [4.69, 9.17) is 0 Å². The van der Waals surface area contributed by atoms with Crippen molar-refractivity contribution >= 4 is 11.8 Å². The zero-order chi connectivity index (χ0) is 16.5. The SMILES string of the molecule is CC(=O)N(CCC(=O)NCc1ccccc1)C1CCCCCC1. The van der Waals surface area contributed by atoms with Crippen LogP contribution in [0.3, 0.4) is 0 Å². The average molecular weight is 316 g/mol. The summed E-state index contributed by atoms with van der Waals surface area (Å²) < 4.78 is 0. The number of nitrogens with one attached hydrogen (secondary N) is 1. The van der Waals surface area contributed by atoms with E-state index < -0.39 is 0 Å². The molecule has 1 aliphatic carbocycles. The van der Waals surface area contributed by atoms with Crippen LogP contribution in [-0.2, 0) is 16.1 Å². The van der Waals surface area contributed by atoms with Gasteiger partial charge >= 0.3 is 0 Å². The Labute approximate surface area is 139 Å². The van der Waals surface area contributed by atoms with Gasteiger partial charge in [-0.05, 0) is 18.4 Å². The first kappa shape index (κ1) is 17.5. The highest BCUT2D eigenvalue weighted by Crippen LogP contribution is 2.22. The van der Waals surface area contributed by atoms with E-state index in [2.05, 4.69) is 5.32 Å². The highest BCUT2D eigenvalue weighted by atomic mass is 16.2. The molecule has 0 unspecified atom stereocenters. The molecule has 1 saturated carbocycles. The normalized spacial score (nSPS) is 15.7. The summed E-state index contributed by atoms with van der Waals surface area (Å²) in [4.78, 5) is 25.9. The molecule has 0 aliphatic heterocycles. The summed E-state index contributed by atoms with van der Waals surface area (Å²) in [6, 6.07) is 10.2. The second kappa shape index (κ2) is 9.33. The Hall–Kier alpha value is -1.84. The Bertz CT molecular complexity index is 493. The lowest BCUT2D eigenvalue weighted by molar-refractivity contribution is -0.132. The van der Waals surface area contributed by atoms with Gasteiger partial charge < -0.3 is 10.2 Å². The lowest BCUT2D eigenvalue weighted by Crippen LogP contribution is -2.41. The standard InChI is InChI=1S/C19H28N2O2/c1-16(22)21(18-11-7-2-3-8-12-18)14-13-19(23)20-15-17-9-5-4-6-10-17/h4-6,9-10,18H,2-3,7-8,11-15H2,1H3,(H,20,23). The molecule has 0 atom stereocenters. The molecule has 1 aromatic carbocycles. The molecule has 2 rings (SSSR count). The maximum absolute atomic E-state index is 12.0. The van der Waals surface area contributed by atoms with E-state index >= 15 is 0 Å².